The molecule has 2 aromatic rings. The molecule has 3 amide bonds. The van der Waals surface area contributed by atoms with Crippen LogP contribution in [0.2, 0.25) is 0 Å². The van der Waals surface area contributed by atoms with Gasteiger partial charge in [-0.25, -0.2) is 9.18 Å². The van der Waals surface area contributed by atoms with Crippen molar-refractivity contribution in [1.29, 1.82) is 0 Å². The van der Waals surface area contributed by atoms with Crippen molar-refractivity contribution in [2.75, 3.05) is 0 Å². The van der Waals surface area contributed by atoms with E-state index in [9.17, 15) is 14.0 Å². The second kappa shape index (κ2) is 8.44. The number of hydrogen-bond acceptors (Lipinski definition) is 3. The highest BCUT2D eigenvalue weighted by atomic mass is 79.9. The van der Waals surface area contributed by atoms with E-state index in [-0.39, 0.29) is 0 Å². The lowest BCUT2D eigenvalue weighted by molar-refractivity contribution is -0.126. The van der Waals surface area contributed by atoms with Gasteiger partial charge in [0.2, 0.25) is 0 Å². The minimum Gasteiger partial charge on any atom is -0.480 e. The Balaban J connectivity index is 1.83. The number of ether oxygens (including phenoxy) is 1. The van der Waals surface area contributed by atoms with Gasteiger partial charge in [0.15, 0.2) is 6.10 Å². The number of amides is 3. The Bertz CT molecular complexity index is 725. The number of rotatable bonds is 5. The molecule has 0 fully saturated rings. The summed E-state index contributed by atoms with van der Waals surface area (Å²) in [5.74, 6) is -0.716. The Morgan fingerprint density at radius 1 is 1.21 bits per heavy atom. The molecule has 0 heterocycles. The molecule has 2 N–H and O–H groups in total. The Morgan fingerprint density at radius 3 is 2.58 bits per heavy atom. The number of imide groups is 1. The summed E-state index contributed by atoms with van der Waals surface area (Å²) in [5.41, 5.74) is 0.916. The van der Waals surface area contributed by atoms with Crippen molar-refractivity contribution in [3.63, 3.8) is 0 Å². The molecule has 0 aliphatic carbocycles. The number of carbonyl (C=O) groups is 2. The lowest BCUT2D eigenvalue weighted by Gasteiger charge is -2.15. The van der Waals surface area contributed by atoms with Crippen LogP contribution >= 0.6 is 15.9 Å². The molecule has 7 heteroatoms. The maximum Gasteiger partial charge on any atom is 0.321 e. The van der Waals surface area contributed by atoms with Crippen molar-refractivity contribution in [3.8, 4) is 5.75 Å². The molecule has 2 rings (SSSR count). The normalized spacial score (nSPS) is 11.5. The zero-order chi connectivity index (χ0) is 17.5. The predicted molar refractivity (Wildman–Crippen MR) is 91.0 cm³/mol. The van der Waals surface area contributed by atoms with Crippen LogP contribution in [-0.2, 0) is 11.3 Å². The van der Waals surface area contributed by atoms with Crippen molar-refractivity contribution in [1.82, 2.24) is 10.6 Å². The molecule has 0 unspecified atom stereocenters. The summed E-state index contributed by atoms with van der Waals surface area (Å²) in [6, 6.07) is 12.5. The van der Waals surface area contributed by atoms with Gasteiger partial charge in [-0.05, 0) is 46.6 Å². The SMILES string of the molecule is C[C@H](Oc1ccc(F)cc1Br)C(=O)NC(=O)NCc1ccccc1. The molecule has 24 heavy (non-hydrogen) atoms. The van der Waals surface area contributed by atoms with E-state index >= 15 is 0 Å². The number of carbonyl (C=O) groups excluding carboxylic acids is 2. The second-order valence-electron chi connectivity index (χ2n) is 4.99. The standard InChI is InChI=1S/C17H16BrFN2O3/c1-11(24-15-8-7-13(19)9-14(15)18)16(22)21-17(23)20-10-12-5-3-2-4-6-12/h2-9,11H,10H2,1H3,(H2,20,21,22,23)/t11-/m0/s1. The highest BCUT2D eigenvalue weighted by molar-refractivity contribution is 9.10. The Hall–Kier alpha value is -2.41. The lowest BCUT2D eigenvalue weighted by atomic mass is 10.2. The average molecular weight is 395 g/mol. The van der Waals surface area contributed by atoms with Gasteiger partial charge in [0.1, 0.15) is 11.6 Å². The number of urea groups is 1. The van der Waals surface area contributed by atoms with Crippen LogP contribution in [0.5, 0.6) is 5.75 Å². The third-order valence-electron chi connectivity index (χ3n) is 3.10. The van der Waals surface area contributed by atoms with Crippen molar-refractivity contribution in [3.05, 3.63) is 64.4 Å². The van der Waals surface area contributed by atoms with E-state index in [1.54, 1.807) is 0 Å². The van der Waals surface area contributed by atoms with Crippen LogP contribution in [-0.4, -0.2) is 18.0 Å². The zero-order valence-corrected chi connectivity index (χ0v) is 14.5. The van der Waals surface area contributed by atoms with Gasteiger partial charge >= 0.3 is 6.03 Å². The van der Waals surface area contributed by atoms with Gasteiger partial charge in [-0.3, -0.25) is 10.1 Å². The monoisotopic (exact) mass is 394 g/mol. The van der Waals surface area contributed by atoms with Crippen molar-refractivity contribution >= 4 is 27.9 Å². The minimum absolute atomic E-state index is 0.304. The fraction of sp³-hybridized carbons (Fsp3) is 0.176. The number of hydrogen-bond donors (Lipinski definition) is 2. The molecule has 0 aromatic heterocycles. The molecule has 1 atom stereocenters. The maximum atomic E-state index is 13.0. The molecule has 0 aliphatic rings. The zero-order valence-electron chi connectivity index (χ0n) is 12.9. The van der Waals surface area contributed by atoms with E-state index < -0.39 is 23.9 Å². The van der Waals surface area contributed by atoms with Gasteiger partial charge < -0.3 is 10.1 Å². The van der Waals surface area contributed by atoms with Gasteiger partial charge in [0.05, 0.1) is 4.47 Å². The van der Waals surface area contributed by atoms with E-state index in [1.165, 1.54) is 25.1 Å². The van der Waals surface area contributed by atoms with Gasteiger partial charge in [-0.2, -0.15) is 0 Å². The first kappa shape index (κ1) is 17.9. The Labute approximate surface area is 147 Å². The van der Waals surface area contributed by atoms with Crippen molar-refractivity contribution in [2.45, 2.75) is 19.6 Å². The van der Waals surface area contributed by atoms with Crippen LogP contribution < -0.4 is 15.4 Å². The average Bonchev–Trinajstić information content (AvgIpc) is 2.56. The molecule has 5 nitrogen and oxygen atoms in total. The third kappa shape index (κ3) is 5.34. The molecule has 0 saturated carbocycles. The number of halogens is 2. The van der Waals surface area contributed by atoms with Crippen molar-refractivity contribution < 1.29 is 18.7 Å². The van der Waals surface area contributed by atoms with E-state index in [0.717, 1.165) is 5.56 Å². The number of nitrogens with one attached hydrogen (secondary N) is 2. The van der Waals surface area contributed by atoms with Gasteiger partial charge in [0.25, 0.3) is 5.91 Å². The molecular formula is C17H16BrFN2O3. The minimum atomic E-state index is -0.922. The number of benzene rings is 2. The highest BCUT2D eigenvalue weighted by Crippen LogP contribution is 2.26. The first-order valence-electron chi connectivity index (χ1n) is 7.20. The van der Waals surface area contributed by atoms with Crippen LogP contribution in [0, 0.1) is 5.82 Å². The fourth-order valence-corrected chi connectivity index (χ4v) is 2.29. The van der Waals surface area contributed by atoms with Gasteiger partial charge in [-0.15, -0.1) is 0 Å². The summed E-state index contributed by atoms with van der Waals surface area (Å²) in [4.78, 5) is 23.7. The quantitative estimate of drug-likeness (QED) is 0.816. The highest BCUT2D eigenvalue weighted by Gasteiger charge is 2.18. The Morgan fingerprint density at radius 2 is 1.92 bits per heavy atom. The predicted octanol–water partition coefficient (Wildman–Crippen LogP) is 3.38. The van der Waals surface area contributed by atoms with Crippen LogP contribution in [0.4, 0.5) is 9.18 Å². The summed E-state index contributed by atoms with van der Waals surface area (Å²) in [5, 5.41) is 4.78. The third-order valence-corrected chi connectivity index (χ3v) is 3.72. The molecular weight excluding hydrogens is 379 g/mol. The summed E-state index contributed by atoms with van der Waals surface area (Å²) >= 11 is 3.15. The lowest BCUT2D eigenvalue weighted by Crippen LogP contribution is -2.44. The van der Waals surface area contributed by atoms with Gasteiger partial charge in [-0.1, -0.05) is 30.3 Å². The van der Waals surface area contributed by atoms with Crippen molar-refractivity contribution in [2.24, 2.45) is 0 Å². The fourth-order valence-electron chi connectivity index (χ4n) is 1.85. The summed E-state index contributed by atoms with van der Waals surface area (Å²) in [7, 11) is 0. The molecule has 0 spiro atoms. The summed E-state index contributed by atoms with van der Waals surface area (Å²) in [6.07, 6.45) is -0.922. The summed E-state index contributed by atoms with van der Waals surface area (Å²) < 4.78 is 18.8. The van der Waals surface area contributed by atoms with E-state index in [1.807, 2.05) is 30.3 Å². The maximum absolute atomic E-state index is 13.0. The van der Waals surface area contributed by atoms with E-state index in [4.69, 9.17) is 4.74 Å². The molecule has 0 saturated heterocycles. The smallest absolute Gasteiger partial charge is 0.321 e. The van der Waals surface area contributed by atoms with Gasteiger partial charge in [0, 0.05) is 6.54 Å². The molecule has 0 bridgehead atoms. The van der Waals surface area contributed by atoms with E-state index in [2.05, 4.69) is 26.6 Å². The summed E-state index contributed by atoms with van der Waals surface area (Å²) in [6.45, 7) is 1.80. The van der Waals surface area contributed by atoms with Crippen LogP contribution in [0.3, 0.4) is 0 Å². The Kier molecular flexibility index (Phi) is 6.31. The first-order chi connectivity index (χ1) is 11.5. The first-order valence-corrected chi connectivity index (χ1v) is 7.99. The molecule has 126 valence electrons. The van der Waals surface area contributed by atoms with Crippen LogP contribution in [0.15, 0.2) is 53.0 Å². The second-order valence-corrected chi connectivity index (χ2v) is 5.85. The largest absolute Gasteiger partial charge is 0.480 e. The van der Waals surface area contributed by atoms with Crippen LogP contribution in [0.1, 0.15) is 12.5 Å². The molecule has 0 radical (unpaired) electrons. The molecule has 0 aliphatic heterocycles. The van der Waals surface area contributed by atoms with E-state index in [0.29, 0.717) is 16.8 Å². The topological polar surface area (TPSA) is 67.4 Å². The van der Waals surface area contributed by atoms with Crippen LogP contribution in [0.25, 0.3) is 0 Å². The molecule has 2 aromatic carbocycles.